The predicted octanol–water partition coefficient (Wildman–Crippen LogP) is 0.699. The maximum Gasteiger partial charge on any atom is 0.336 e. The third kappa shape index (κ3) is 2.69. The highest BCUT2D eigenvalue weighted by molar-refractivity contribution is 5.81. The number of fused-ring (bicyclic) bond motifs is 1. The number of benzene rings is 1. The van der Waals surface area contributed by atoms with Crippen molar-refractivity contribution in [1.29, 1.82) is 0 Å². The molecule has 7 nitrogen and oxygen atoms in total. The molecule has 0 amide bonds. The van der Waals surface area contributed by atoms with Gasteiger partial charge in [0.25, 0.3) is 0 Å². The van der Waals surface area contributed by atoms with Crippen molar-refractivity contribution in [3.8, 4) is 5.75 Å². The van der Waals surface area contributed by atoms with Crippen molar-refractivity contribution in [1.82, 2.24) is 0 Å². The second kappa shape index (κ2) is 6.18. The smallest absolute Gasteiger partial charge is 0.336 e. The summed E-state index contributed by atoms with van der Waals surface area (Å²) in [7, 11) is 0. The lowest BCUT2D eigenvalue weighted by Gasteiger charge is -2.27. The molecule has 0 saturated carbocycles. The van der Waals surface area contributed by atoms with E-state index in [1.807, 2.05) is 0 Å². The summed E-state index contributed by atoms with van der Waals surface area (Å²) >= 11 is 0. The molecule has 3 N–H and O–H groups in total. The molecule has 0 spiro atoms. The standard InChI is InChI=1S/C17H20O7/c1-3-17(8-18)15(21)14(20)16(24-17)22-10-4-5-11-9(2)6-13(19)23-12(11)7-10/h4-7,14-16,18,20-21H,3,8H2,1-2H3/t14-,15-,16?,17+/m0/s1. The number of ether oxygens (including phenoxy) is 2. The minimum atomic E-state index is -1.31. The first-order valence-corrected chi connectivity index (χ1v) is 7.76. The van der Waals surface area contributed by atoms with Gasteiger partial charge in [0.05, 0.1) is 6.61 Å². The van der Waals surface area contributed by atoms with Crippen LogP contribution in [0.3, 0.4) is 0 Å². The molecule has 1 unspecified atom stereocenters. The van der Waals surface area contributed by atoms with Crippen LogP contribution in [0.25, 0.3) is 11.0 Å². The van der Waals surface area contributed by atoms with Gasteiger partial charge in [0.2, 0.25) is 6.29 Å². The average Bonchev–Trinajstić information content (AvgIpc) is 2.79. The summed E-state index contributed by atoms with van der Waals surface area (Å²) in [5.41, 5.74) is -0.584. The Balaban J connectivity index is 1.89. The summed E-state index contributed by atoms with van der Waals surface area (Å²) in [5.74, 6) is 0.317. The minimum Gasteiger partial charge on any atom is -0.462 e. The summed E-state index contributed by atoms with van der Waals surface area (Å²) in [5, 5.41) is 30.5. The van der Waals surface area contributed by atoms with Gasteiger partial charge in [-0.25, -0.2) is 4.79 Å². The number of hydrogen-bond acceptors (Lipinski definition) is 7. The molecule has 130 valence electrons. The molecule has 1 aliphatic rings. The molecule has 0 aliphatic carbocycles. The zero-order valence-corrected chi connectivity index (χ0v) is 13.4. The molecule has 24 heavy (non-hydrogen) atoms. The van der Waals surface area contributed by atoms with E-state index >= 15 is 0 Å². The summed E-state index contributed by atoms with van der Waals surface area (Å²) in [6, 6.07) is 6.32. The van der Waals surface area contributed by atoms with Crippen molar-refractivity contribution in [2.24, 2.45) is 0 Å². The predicted molar refractivity (Wildman–Crippen MR) is 84.8 cm³/mol. The van der Waals surface area contributed by atoms with Gasteiger partial charge in [-0.15, -0.1) is 0 Å². The zero-order chi connectivity index (χ0) is 17.5. The Hall–Kier alpha value is -1.93. The van der Waals surface area contributed by atoms with E-state index in [2.05, 4.69) is 0 Å². The Bertz CT molecular complexity index is 793. The van der Waals surface area contributed by atoms with E-state index in [0.717, 1.165) is 10.9 Å². The first-order chi connectivity index (χ1) is 11.4. The van der Waals surface area contributed by atoms with Gasteiger partial charge in [-0.3, -0.25) is 0 Å². The summed E-state index contributed by atoms with van der Waals surface area (Å²) in [4.78, 5) is 11.5. The summed E-state index contributed by atoms with van der Waals surface area (Å²) in [6.45, 7) is 3.10. The van der Waals surface area contributed by atoms with Gasteiger partial charge >= 0.3 is 5.63 Å². The Morgan fingerprint density at radius 2 is 2.04 bits per heavy atom. The van der Waals surface area contributed by atoms with E-state index < -0.39 is 36.3 Å². The third-order valence-electron chi connectivity index (χ3n) is 4.53. The van der Waals surface area contributed by atoms with Gasteiger partial charge in [0.15, 0.2) is 0 Å². The Morgan fingerprint density at radius 1 is 1.29 bits per heavy atom. The van der Waals surface area contributed by atoms with Crippen LogP contribution in [-0.4, -0.2) is 46.0 Å². The van der Waals surface area contributed by atoms with Gasteiger partial charge in [0.1, 0.15) is 29.1 Å². The average molecular weight is 336 g/mol. The molecule has 1 fully saturated rings. The molecule has 2 heterocycles. The molecule has 0 radical (unpaired) electrons. The zero-order valence-electron chi connectivity index (χ0n) is 13.4. The number of aliphatic hydroxyl groups is 3. The maximum atomic E-state index is 11.5. The van der Waals surface area contributed by atoms with Crippen molar-refractivity contribution >= 4 is 11.0 Å². The van der Waals surface area contributed by atoms with Crippen LogP contribution in [0.15, 0.2) is 33.5 Å². The fraction of sp³-hybridized carbons (Fsp3) is 0.471. The van der Waals surface area contributed by atoms with Crippen LogP contribution in [0, 0.1) is 6.92 Å². The van der Waals surface area contributed by atoms with Crippen molar-refractivity contribution in [2.75, 3.05) is 6.61 Å². The van der Waals surface area contributed by atoms with Crippen molar-refractivity contribution < 1.29 is 29.2 Å². The summed E-state index contributed by atoms with van der Waals surface area (Å²) in [6.07, 6.45) is -3.40. The molecule has 4 atom stereocenters. The second-order valence-corrected chi connectivity index (χ2v) is 6.02. The van der Waals surface area contributed by atoms with Gasteiger partial charge in [-0.2, -0.15) is 0 Å². The molecule has 1 aliphatic heterocycles. The Labute approximate surface area is 138 Å². The lowest BCUT2D eigenvalue weighted by molar-refractivity contribution is -0.163. The van der Waals surface area contributed by atoms with E-state index in [4.69, 9.17) is 13.9 Å². The molecular formula is C17H20O7. The first-order valence-electron chi connectivity index (χ1n) is 7.76. The number of aliphatic hydroxyl groups excluding tert-OH is 3. The van der Waals surface area contributed by atoms with E-state index in [1.54, 1.807) is 26.0 Å². The van der Waals surface area contributed by atoms with Crippen molar-refractivity contribution in [3.05, 3.63) is 40.2 Å². The molecule has 3 rings (SSSR count). The van der Waals surface area contributed by atoms with E-state index in [9.17, 15) is 20.1 Å². The monoisotopic (exact) mass is 336 g/mol. The van der Waals surface area contributed by atoms with Crippen LogP contribution >= 0.6 is 0 Å². The van der Waals surface area contributed by atoms with Crippen LogP contribution in [0.2, 0.25) is 0 Å². The number of hydrogen-bond donors (Lipinski definition) is 3. The second-order valence-electron chi connectivity index (χ2n) is 6.02. The highest BCUT2D eigenvalue weighted by Gasteiger charge is 2.54. The van der Waals surface area contributed by atoms with Gasteiger partial charge < -0.3 is 29.2 Å². The molecule has 1 saturated heterocycles. The number of rotatable bonds is 4. The quantitative estimate of drug-likeness (QED) is 0.705. The fourth-order valence-corrected chi connectivity index (χ4v) is 2.97. The topological polar surface area (TPSA) is 109 Å². The van der Waals surface area contributed by atoms with Crippen molar-refractivity contribution in [3.63, 3.8) is 0 Å². The Morgan fingerprint density at radius 3 is 2.67 bits per heavy atom. The van der Waals surface area contributed by atoms with E-state index in [1.165, 1.54) is 12.1 Å². The van der Waals surface area contributed by atoms with Crippen LogP contribution in [0.4, 0.5) is 0 Å². The van der Waals surface area contributed by atoms with Crippen LogP contribution in [0.1, 0.15) is 18.9 Å². The normalized spacial score (nSPS) is 30.0. The molecule has 1 aromatic carbocycles. The highest BCUT2D eigenvalue weighted by Crippen LogP contribution is 2.35. The molecule has 0 bridgehead atoms. The first kappa shape index (κ1) is 16.9. The van der Waals surface area contributed by atoms with Gasteiger partial charge in [-0.05, 0) is 31.0 Å². The van der Waals surface area contributed by atoms with Crippen LogP contribution < -0.4 is 10.4 Å². The molecule has 7 heteroatoms. The van der Waals surface area contributed by atoms with E-state index in [0.29, 0.717) is 17.8 Å². The lowest BCUT2D eigenvalue weighted by Crippen LogP contribution is -2.45. The molecule has 2 aromatic rings. The molecule has 1 aromatic heterocycles. The molecular weight excluding hydrogens is 316 g/mol. The highest BCUT2D eigenvalue weighted by atomic mass is 16.7. The fourth-order valence-electron chi connectivity index (χ4n) is 2.97. The number of aryl methyl sites for hydroxylation is 1. The van der Waals surface area contributed by atoms with Crippen LogP contribution in [-0.2, 0) is 4.74 Å². The third-order valence-corrected chi connectivity index (χ3v) is 4.53. The Kier molecular flexibility index (Phi) is 4.35. The van der Waals surface area contributed by atoms with Gasteiger partial charge in [0, 0.05) is 17.5 Å². The van der Waals surface area contributed by atoms with Gasteiger partial charge in [-0.1, -0.05) is 6.92 Å². The SMILES string of the molecule is CC[C@]1(CO)OC(Oc2ccc3c(C)cc(=O)oc3c2)[C@@H](O)[C@@H]1O. The van der Waals surface area contributed by atoms with Crippen LogP contribution in [0.5, 0.6) is 5.75 Å². The lowest BCUT2D eigenvalue weighted by atomic mass is 9.93. The van der Waals surface area contributed by atoms with Crippen molar-refractivity contribution in [2.45, 2.75) is 44.4 Å². The summed E-state index contributed by atoms with van der Waals surface area (Å²) < 4.78 is 16.3. The van der Waals surface area contributed by atoms with E-state index in [-0.39, 0.29) is 0 Å². The maximum absolute atomic E-state index is 11.5. The minimum absolute atomic E-state index is 0.313. The largest absolute Gasteiger partial charge is 0.462 e.